The molecule has 0 bridgehead atoms. The number of nitrogens with zero attached hydrogens (tertiary/aromatic N) is 2. The predicted octanol–water partition coefficient (Wildman–Crippen LogP) is 4.28. The normalized spacial score (nSPS) is 18.0. The number of hydrogen-bond acceptors (Lipinski definition) is 7. The Kier molecular flexibility index (Phi) is 5.25. The van der Waals surface area contributed by atoms with Crippen LogP contribution in [-0.4, -0.2) is 42.5 Å². The second-order valence-electron chi connectivity index (χ2n) is 10.4. The average molecular weight is 518 g/mol. The summed E-state index contributed by atoms with van der Waals surface area (Å²) >= 11 is 0. The third kappa shape index (κ3) is 3.74. The van der Waals surface area contributed by atoms with Gasteiger partial charge in [0, 0.05) is 34.4 Å². The van der Waals surface area contributed by atoms with Crippen molar-refractivity contribution in [1.29, 1.82) is 0 Å². The van der Waals surface area contributed by atoms with Crippen molar-refractivity contribution >= 4 is 33.6 Å². The first-order chi connectivity index (χ1) is 17.5. The maximum atomic E-state index is 13.8. The van der Waals surface area contributed by atoms with Crippen molar-refractivity contribution in [2.45, 2.75) is 50.7 Å². The lowest BCUT2D eigenvalue weighted by molar-refractivity contribution is 0.00578. The van der Waals surface area contributed by atoms with Crippen LogP contribution in [0.3, 0.4) is 0 Å². The molecule has 2 aromatic heterocycles. The molecular weight excluding hydrogens is 491 g/mol. The van der Waals surface area contributed by atoms with Gasteiger partial charge in [-0.15, -0.1) is 0 Å². The lowest BCUT2D eigenvalue weighted by atomic mass is 9.79. The average Bonchev–Trinajstić information content (AvgIpc) is 3.53. The molecule has 4 heterocycles. The minimum Gasteiger partial charge on any atom is -0.454 e. The molecule has 6 rings (SSSR count). The molecule has 1 fully saturated rings. The molecule has 2 aliphatic rings. The van der Waals surface area contributed by atoms with Gasteiger partial charge in [-0.3, -0.25) is 0 Å². The van der Waals surface area contributed by atoms with Gasteiger partial charge in [-0.25, -0.2) is 17.4 Å². The number of para-hydroxylation sites is 1. The van der Waals surface area contributed by atoms with Crippen LogP contribution in [0, 0.1) is 6.92 Å². The van der Waals surface area contributed by atoms with Crippen LogP contribution in [0.1, 0.15) is 33.3 Å². The van der Waals surface area contributed by atoms with E-state index >= 15 is 0 Å². The number of aryl methyl sites for hydroxylation is 1. The number of hydrogen-bond donors (Lipinski definition) is 0. The SMILES string of the molecule is Cc1ccc(S(=O)(=O)n2cc(-c3cccc4c3OCO4)c3cc(B4OC(C)(C)C(C)(C)O4)cnc32)cc1. The summed E-state index contributed by atoms with van der Waals surface area (Å²) in [5.74, 6) is 1.17. The topological polar surface area (TPSA) is 88.9 Å². The van der Waals surface area contributed by atoms with E-state index in [2.05, 4.69) is 4.98 Å². The Labute approximate surface area is 216 Å². The fraction of sp³-hybridized carbons (Fsp3) is 0.296. The van der Waals surface area contributed by atoms with Gasteiger partial charge in [-0.1, -0.05) is 29.8 Å². The van der Waals surface area contributed by atoms with Crippen molar-refractivity contribution < 1.29 is 27.2 Å². The van der Waals surface area contributed by atoms with Crippen molar-refractivity contribution in [2.24, 2.45) is 0 Å². The van der Waals surface area contributed by atoms with Gasteiger partial charge in [0.1, 0.15) is 0 Å². The summed E-state index contributed by atoms with van der Waals surface area (Å²) in [5, 5.41) is 0.631. The second-order valence-corrected chi connectivity index (χ2v) is 12.2. The quantitative estimate of drug-likeness (QED) is 0.373. The maximum absolute atomic E-state index is 13.8. The monoisotopic (exact) mass is 518 g/mol. The van der Waals surface area contributed by atoms with Crippen molar-refractivity contribution in [3.8, 4) is 22.6 Å². The van der Waals surface area contributed by atoms with Gasteiger partial charge >= 0.3 is 7.12 Å². The van der Waals surface area contributed by atoms with E-state index in [1.54, 1.807) is 36.7 Å². The lowest BCUT2D eigenvalue weighted by Gasteiger charge is -2.32. The molecule has 0 saturated carbocycles. The highest BCUT2D eigenvalue weighted by molar-refractivity contribution is 7.90. The van der Waals surface area contributed by atoms with Gasteiger partial charge in [0.2, 0.25) is 6.79 Å². The summed E-state index contributed by atoms with van der Waals surface area (Å²) in [5.41, 5.74) is 2.28. The Morgan fingerprint density at radius 1 is 0.946 bits per heavy atom. The number of benzene rings is 2. The second kappa shape index (κ2) is 8.08. The molecule has 0 aliphatic carbocycles. The van der Waals surface area contributed by atoms with Crippen molar-refractivity contribution in [3.05, 3.63) is 66.5 Å². The molecule has 0 spiro atoms. The van der Waals surface area contributed by atoms with E-state index in [4.69, 9.17) is 18.8 Å². The molecule has 8 nitrogen and oxygen atoms in total. The fourth-order valence-corrected chi connectivity index (χ4v) is 5.89. The zero-order valence-electron chi connectivity index (χ0n) is 21.3. The largest absolute Gasteiger partial charge is 0.496 e. The molecule has 0 N–H and O–H groups in total. The molecule has 190 valence electrons. The Morgan fingerprint density at radius 2 is 1.65 bits per heavy atom. The van der Waals surface area contributed by atoms with E-state index in [-0.39, 0.29) is 11.7 Å². The van der Waals surface area contributed by atoms with Gasteiger partial charge in [0.25, 0.3) is 10.0 Å². The van der Waals surface area contributed by atoms with Crippen LogP contribution >= 0.6 is 0 Å². The molecule has 1 saturated heterocycles. The third-order valence-electron chi connectivity index (χ3n) is 7.42. The number of ether oxygens (including phenoxy) is 2. The van der Waals surface area contributed by atoms with Gasteiger partial charge in [0.05, 0.1) is 16.1 Å². The van der Waals surface area contributed by atoms with Crippen molar-refractivity contribution in [1.82, 2.24) is 8.96 Å². The highest BCUT2D eigenvalue weighted by atomic mass is 32.2. The van der Waals surface area contributed by atoms with Gasteiger partial charge in [-0.05, 0) is 58.9 Å². The number of rotatable bonds is 4. The summed E-state index contributed by atoms with van der Waals surface area (Å²) in [6, 6.07) is 14.2. The molecule has 0 unspecified atom stereocenters. The Hall–Kier alpha value is -3.34. The smallest absolute Gasteiger partial charge is 0.454 e. The highest BCUT2D eigenvalue weighted by Gasteiger charge is 2.52. The van der Waals surface area contributed by atoms with Crippen LogP contribution in [0.5, 0.6) is 11.5 Å². The zero-order valence-corrected chi connectivity index (χ0v) is 22.1. The maximum Gasteiger partial charge on any atom is 0.496 e. The molecule has 0 amide bonds. The Morgan fingerprint density at radius 3 is 2.35 bits per heavy atom. The van der Waals surface area contributed by atoms with Crippen LogP contribution in [0.25, 0.3) is 22.2 Å². The molecule has 10 heteroatoms. The van der Waals surface area contributed by atoms with Crippen molar-refractivity contribution in [2.75, 3.05) is 6.79 Å². The summed E-state index contributed by atoms with van der Waals surface area (Å²) in [4.78, 5) is 4.80. The van der Waals surface area contributed by atoms with Gasteiger partial charge in [0.15, 0.2) is 17.1 Å². The summed E-state index contributed by atoms with van der Waals surface area (Å²) < 4.78 is 52.6. The standard InChI is InChI=1S/C27H27BN2O6S/c1-17-9-11-19(12-10-17)37(31,32)30-15-22(20-7-6-8-23-24(20)34-16-33-23)21-13-18(14-29-25(21)30)28-35-26(2,3)27(4,5)36-28/h6-15H,16H2,1-5H3. The third-order valence-corrected chi connectivity index (χ3v) is 9.09. The van der Waals surface area contributed by atoms with Crippen LogP contribution in [0.15, 0.2) is 65.8 Å². The number of aromatic nitrogens is 2. The van der Waals surface area contributed by atoms with Crippen LogP contribution in [0.4, 0.5) is 0 Å². The highest BCUT2D eigenvalue weighted by Crippen LogP contribution is 2.44. The van der Waals surface area contributed by atoms with E-state index in [1.165, 1.54) is 3.97 Å². The summed E-state index contributed by atoms with van der Waals surface area (Å²) in [7, 11) is -4.58. The first-order valence-corrected chi connectivity index (χ1v) is 13.5. The molecule has 0 atom stereocenters. The first kappa shape index (κ1) is 24.0. The zero-order chi connectivity index (χ0) is 26.2. The Bertz CT molecular complexity index is 1630. The van der Waals surface area contributed by atoms with Gasteiger partial charge < -0.3 is 18.8 Å². The molecule has 37 heavy (non-hydrogen) atoms. The lowest BCUT2D eigenvalue weighted by Crippen LogP contribution is -2.41. The molecule has 2 aliphatic heterocycles. The molecule has 4 aromatic rings. The minimum atomic E-state index is -3.93. The fourth-order valence-electron chi connectivity index (χ4n) is 4.57. The molecular formula is C27H27BN2O6S. The summed E-state index contributed by atoms with van der Waals surface area (Å²) in [6.07, 6.45) is 3.21. The molecule has 2 aromatic carbocycles. The minimum absolute atomic E-state index is 0.101. The van der Waals surface area contributed by atoms with Crippen LogP contribution in [0.2, 0.25) is 0 Å². The van der Waals surface area contributed by atoms with E-state index in [0.717, 1.165) is 5.56 Å². The van der Waals surface area contributed by atoms with E-state index < -0.39 is 28.3 Å². The van der Waals surface area contributed by atoms with E-state index in [1.807, 2.05) is 58.9 Å². The van der Waals surface area contributed by atoms with Gasteiger partial charge in [-0.2, -0.15) is 0 Å². The number of pyridine rings is 1. The van der Waals surface area contributed by atoms with Crippen LogP contribution in [-0.2, 0) is 19.3 Å². The predicted molar refractivity (Wildman–Crippen MR) is 141 cm³/mol. The van der Waals surface area contributed by atoms with Crippen molar-refractivity contribution in [3.63, 3.8) is 0 Å². The molecule has 0 radical (unpaired) electrons. The van der Waals surface area contributed by atoms with E-state index in [9.17, 15) is 8.42 Å². The van der Waals surface area contributed by atoms with Crippen LogP contribution < -0.4 is 14.9 Å². The first-order valence-electron chi connectivity index (χ1n) is 12.1. The Balaban J connectivity index is 1.57. The van der Waals surface area contributed by atoms with E-state index in [0.29, 0.717) is 39.1 Å². The number of fused-ring (bicyclic) bond motifs is 2. The summed E-state index contributed by atoms with van der Waals surface area (Å²) in [6.45, 7) is 9.96.